The topological polar surface area (TPSA) is 124 Å². The molecule has 1 saturated heterocycles. The second kappa shape index (κ2) is 12.9. The van der Waals surface area contributed by atoms with Gasteiger partial charge >= 0.3 is 5.97 Å². The molecule has 4 rings (SSSR count). The van der Waals surface area contributed by atoms with Crippen LogP contribution in [0.25, 0.3) is 0 Å². The summed E-state index contributed by atoms with van der Waals surface area (Å²) in [7, 11) is 0. The quantitative estimate of drug-likeness (QED) is 0.246. The van der Waals surface area contributed by atoms with E-state index in [9.17, 15) is 19.5 Å². The zero-order valence-corrected chi connectivity index (χ0v) is 22.0. The molecule has 37 heavy (non-hydrogen) atoms. The van der Waals surface area contributed by atoms with Crippen molar-refractivity contribution in [2.45, 2.75) is 56.4 Å². The van der Waals surface area contributed by atoms with E-state index in [-0.39, 0.29) is 24.3 Å². The molecule has 0 spiro atoms. The lowest BCUT2D eigenvalue weighted by Gasteiger charge is -2.37. The fraction of sp³-hybridized carbons (Fsp3) is 0.481. The lowest BCUT2D eigenvalue weighted by molar-refractivity contribution is -0.143. The molecule has 0 aliphatic carbocycles. The second-order valence-electron chi connectivity index (χ2n) is 9.70. The fourth-order valence-electron chi connectivity index (χ4n) is 4.32. The number of nitrogens with one attached hydrogen (secondary N) is 3. The normalized spacial score (nSPS) is 16.1. The lowest BCUT2D eigenvalue weighted by Crippen LogP contribution is -2.56. The molecule has 1 aromatic heterocycles. The van der Waals surface area contributed by atoms with E-state index >= 15 is 0 Å². The van der Waals surface area contributed by atoms with E-state index in [1.807, 2.05) is 31.2 Å². The minimum absolute atomic E-state index is 0.132. The summed E-state index contributed by atoms with van der Waals surface area (Å²) in [4.78, 5) is 42.2. The average molecular weight is 526 g/mol. The van der Waals surface area contributed by atoms with Crippen molar-refractivity contribution in [1.82, 2.24) is 19.9 Å². The maximum absolute atomic E-state index is 12.5. The minimum Gasteiger partial charge on any atom is -0.480 e. The first-order chi connectivity index (χ1) is 17.9. The van der Waals surface area contributed by atoms with Crippen molar-refractivity contribution in [3.8, 4) is 0 Å². The van der Waals surface area contributed by atoms with Gasteiger partial charge in [-0.2, -0.15) is 0 Å². The number of nitrogens with zero attached hydrogens (tertiary/aromatic N) is 2. The minimum atomic E-state index is -1.16. The van der Waals surface area contributed by atoms with Crippen molar-refractivity contribution in [3.63, 3.8) is 0 Å². The molecule has 1 unspecified atom stereocenters. The molecule has 1 fully saturated rings. The van der Waals surface area contributed by atoms with Gasteiger partial charge in [-0.1, -0.05) is 23.8 Å². The number of hydrogen-bond acceptors (Lipinski definition) is 7. The van der Waals surface area contributed by atoms with Crippen LogP contribution in [0.3, 0.4) is 0 Å². The zero-order valence-electron chi connectivity index (χ0n) is 21.2. The molecule has 10 heteroatoms. The van der Waals surface area contributed by atoms with Crippen LogP contribution < -0.4 is 16.0 Å². The van der Waals surface area contributed by atoms with Crippen LogP contribution in [0.4, 0.5) is 5.82 Å². The van der Waals surface area contributed by atoms with Crippen molar-refractivity contribution >= 4 is 35.5 Å². The Kier molecular flexibility index (Phi) is 9.40. The van der Waals surface area contributed by atoms with Crippen LogP contribution in [0, 0.1) is 12.8 Å². The summed E-state index contributed by atoms with van der Waals surface area (Å²) in [6.45, 7) is 3.96. The van der Waals surface area contributed by atoms with Crippen molar-refractivity contribution in [2.24, 2.45) is 5.92 Å². The van der Waals surface area contributed by atoms with E-state index < -0.39 is 12.0 Å². The number of carbonyl (C=O) groups excluding carboxylic acids is 2. The lowest BCUT2D eigenvalue weighted by atomic mass is 10.0. The monoisotopic (exact) mass is 525 g/mol. The zero-order chi connectivity index (χ0) is 26.2. The number of amides is 2. The molecule has 9 nitrogen and oxygen atoms in total. The molecule has 2 aliphatic heterocycles. The van der Waals surface area contributed by atoms with Crippen LogP contribution in [0.2, 0.25) is 0 Å². The Morgan fingerprint density at radius 1 is 1.16 bits per heavy atom. The van der Waals surface area contributed by atoms with E-state index in [4.69, 9.17) is 0 Å². The SMILES string of the molecule is Cc1ccc(SN2CC(C(=O)NC(CNC(=O)CCCCc3ccc4c(n3)NCCC4)C(=O)O)C2)cc1. The molecule has 0 bridgehead atoms. The summed E-state index contributed by atoms with van der Waals surface area (Å²) < 4.78 is 2.07. The predicted molar refractivity (Wildman–Crippen MR) is 143 cm³/mol. The molecule has 0 saturated carbocycles. The number of carboxylic acids is 1. The molecule has 2 aliphatic rings. The van der Waals surface area contributed by atoms with Crippen LogP contribution in [-0.2, 0) is 27.2 Å². The molecule has 2 aromatic rings. The molecular weight excluding hydrogens is 490 g/mol. The van der Waals surface area contributed by atoms with Crippen molar-refractivity contribution < 1.29 is 19.5 Å². The summed E-state index contributed by atoms with van der Waals surface area (Å²) in [5.74, 6) is -0.962. The number of hydrogen-bond donors (Lipinski definition) is 4. The van der Waals surface area contributed by atoms with Crippen LogP contribution in [0.1, 0.15) is 42.5 Å². The first-order valence-corrected chi connectivity index (χ1v) is 13.7. The molecule has 3 heterocycles. The molecule has 198 valence electrons. The van der Waals surface area contributed by atoms with Gasteiger partial charge in [-0.15, -0.1) is 0 Å². The highest BCUT2D eigenvalue weighted by molar-refractivity contribution is 7.97. The Morgan fingerprint density at radius 2 is 1.95 bits per heavy atom. The van der Waals surface area contributed by atoms with Crippen LogP contribution in [-0.4, -0.2) is 64.4 Å². The van der Waals surface area contributed by atoms with Gasteiger partial charge in [0.05, 0.1) is 5.92 Å². The molecule has 4 N–H and O–H groups in total. The van der Waals surface area contributed by atoms with E-state index in [1.165, 1.54) is 11.1 Å². The molecule has 2 amide bonds. The van der Waals surface area contributed by atoms with E-state index in [2.05, 4.69) is 37.4 Å². The van der Waals surface area contributed by atoms with Gasteiger partial charge in [0.25, 0.3) is 0 Å². The van der Waals surface area contributed by atoms with Gasteiger partial charge in [-0.05, 0) is 74.7 Å². The van der Waals surface area contributed by atoms with Gasteiger partial charge in [0.1, 0.15) is 11.9 Å². The summed E-state index contributed by atoms with van der Waals surface area (Å²) >= 11 is 1.59. The smallest absolute Gasteiger partial charge is 0.328 e. The Bertz CT molecular complexity index is 1100. The molecular formula is C27H35N5O4S. The van der Waals surface area contributed by atoms with Crippen LogP contribution >= 0.6 is 11.9 Å². The summed E-state index contributed by atoms with van der Waals surface area (Å²) in [5.41, 5.74) is 3.46. The summed E-state index contributed by atoms with van der Waals surface area (Å²) in [6.07, 6.45) is 4.77. The maximum atomic E-state index is 12.5. The van der Waals surface area contributed by atoms with Gasteiger partial charge in [0, 0.05) is 43.2 Å². The number of carbonyl (C=O) groups is 3. The van der Waals surface area contributed by atoms with Gasteiger partial charge in [-0.3, -0.25) is 9.59 Å². The van der Waals surface area contributed by atoms with Crippen molar-refractivity contribution in [1.29, 1.82) is 0 Å². The molecule has 0 radical (unpaired) electrons. The van der Waals surface area contributed by atoms with Crippen molar-refractivity contribution in [3.05, 3.63) is 53.2 Å². The number of carboxylic acid groups (broad SMARTS) is 1. The van der Waals surface area contributed by atoms with E-state index in [0.717, 1.165) is 48.6 Å². The van der Waals surface area contributed by atoms with Crippen LogP contribution in [0.5, 0.6) is 0 Å². The Balaban J connectivity index is 1.11. The Labute approximate surface area is 221 Å². The number of aryl methyl sites for hydroxylation is 3. The highest BCUT2D eigenvalue weighted by Crippen LogP contribution is 2.30. The number of benzene rings is 1. The first-order valence-electron chi connectivity index (χ1n) is 12.9. The van der Waals surface area contributed by atoms with Gasteiger partial charge in [0.2, 0.25) is 11.8 Å². The fourth-order valence-corrected chi connectivity index (χ4v) is 5.39. The summed E-state index contributed by atoms with van der Waals surface area (Å²) in [5, 5.41) is 18.1. The van der Waals surface area contributed by atoms with Gasteiger partial charge in [0.15, 0.2) is 0 Å². The third-order valence-electron chi connectivity index (χ3n) is 6.63. The standard InChI is InChI=1S/C27H35N5O4S/c1-18-8-12-22(13-9-18)37-32-16-20(17-32)26(34)31-23(27(35)36)15-29-24(33)7-3-2-6-21-11-10-19-5-4-14-28-25(19)30-21/h8-13,20,23H,2-7,14-17H2,1H3,(H,28,30)(H,29,33)(H,31,34)(H,35,36). The maximum Gasteiger partial charge on any atom is 0.328 e. The number of fused-ring (bicyclic) bond motifs is 1. The molecule has 1 aromatic carbocycles. The number of aromatic nitrogens is 1. The predicted octanol–water partition coefficient (Wildman–Crippen LogP) is 2.79. The van der Waals surface area contributed by atoms with Crippen molar-refractivity contribution in [2.75, 3.05) is 31.5 Å². The highest BCUT2D eigenvalue weighted by Gasteiger charge is 2.35. The van der Waals surface area contributed by atoms with E-state index in [1.54, 1.807) is 11.9 Å². The van der Waals surface area contributed by atoms with Gasteiger partial charge < -0.3 is 21.1 Å². The average Bonchev–Trinajstić information content (AvgIpc) is 2.87. The van der Waals surface area contributed by atoms with Gasteiger partial charge in [-0.25, -0.2) is 14.1 Å². The van der Waals surface area contributed by atoms with E-state index in [0.29, 0.717) is 25.9 Å². The second-order valence-corrected chi connectivity index (χ2v) is 10.9. The number of pyridine rings is 1. The highest BCUT2D eigenvalue weighted by atomic mass is 32.2. The number of anilines is 1. The van der Waals surface area contributed by atoms with Crippen LogP contribution in [0.15, 0.2) is 41.3 Å². The Morgan fingerprint density at radius 3 is 2.70 bits per heavy atom. The number of rotatable bonds is 12. The Hall–Kier alpha value is -3.11. The molecule has 1 atom stereocenters. The third kappa shape index (κ3) is 7.93. The summed E-state index contributed by atoms with van der Waals surface area (Å²) in [6, 6.07) is 11.2. The third-order valence-corrected chi connectivity index (χ3v) is 7.67. The number of unbranched alkanes of at least 4 members (excludes halogenated alkanes) is 1. The largest absolute Gasteiger partial charge is 0.480 e. The number of aliphatic carboxylic acids is 1. The first kappa shape index (κ1) is 26.9.